The molecular weight excluding hydrogens is 540 g/mol. The molecule has 0 radical (unpaired) electrons. The molecule has 0 saturated carbocycles. The summed E-state index contributed by atoms with van der Waals surface area (Å²) in [6.45, 7) is 5.85. The number of aliphatic imine (C=N–C) groups is 2. The minimum Gasteiger partial charge on any atom is -0.453 e. The van der Waals surface area contributed by atoms with E-state index in [0.29, 0.717) is 45.1 Å². The van der Waals surface area contributed by atoms with Crippen molar-refractivity contribution in [3.63, 3.8) is 0 Å². The molecular formula is C24H50N10O5S. The number of thioether (sulfide) groups is 1. The number of carbonyl (C=O) groups is 3. The highest BCUT2D eigenvalue weighted by Gasteiger charge is 2.07. The van der Waals surface area contributed by atoms with E-state index < -0.39 is 6.09 Å². The Labute approximate surface area is 242 Å². The lowest BCUT2D eigenvalue weighted by Crippen LogP contribution is -2.38. The van der Waals surface area contributed by atoms with Crippen LogP contribution in [0.5, 0.6) is 0 Å². The highest BCUT2D eigenvalue weighted by Crippen LogP contribution is 2.04. The number of rotatable bonds is 23. The molecule has 0 aliphatic rings. The lowest BCUT2D eigenvalue weighted by atomic mass is 10.3. The smallest absolute Gasteiger partial charge is 0.413 e. The molecule has 10 N–H and O–H groups in total. The van der Waals surface area contributed by atoms with Crippen molar-refractivity contribution in [2.45, 2.75) is 38.5 Å². The van der Waals surface area contributed by atoms with Crippen LogP contribution in [0.3, 0.4) is 0 Å². The average molecular weight is 591 g/mol. The fourth-order valence-corrected chi connectivity index (χ4v) is 4.07. The number of hydrogen-bond acceptors (Lipinski definition) is 9. The Balaban J connectivity index is 3.87. The normalized spacial score (nSPS) is 11.1. The number of carbonyl (C=O) groups excluding carboxylic acids is 3. The third-order valence-electron chi connectivity index (χ3n) is 5.31. The van der Waals surface area contributed by atoms with Crippen molar-refractivity contribution in [2.75, 3.05) is 84.7 Å². The summed E-state index contributed by atoms with van der Waals surface area (Å²) in [6, 6.07) is -0.183. The van der Waals surface area contributed by atoms with Crippen molar-refractivity contribution < 1.29 is 23.9 Å². The molecule has 232 valence electrons. The minimum atomic E-state index is -0.649. The van der Waals surface area contributed by atoms with Gasteiger partial charge in [-0.1, -0.05) is 0 Å². The highest BCUT2D eigenvalue weighted by molar-refractivity contribution is 7.99. The molecule has 0 bridgehead atoms. The molecule has 0 atom stereocenters. The first-order valence-corrected chi connectivity index (χ1v) is 14.7. The van der Waals surface area contributed by atoms with Gasteiger partial charge >= 0.3 is 12.1 Å². The Morgan fingerprint density at radius 1 is 0.800 bits per heavy atom. The number of urea groups is 1. The molecule has 0 aliphatic heterocycles. The third kappa shape index (κ3) is 25.3. The van der Waals surface area contributed by atoms with E-state index in [2.05, 4.69) is 40.9 Å². The first-order chi connectivity index (χ1) is 19.3. The van der Waals surface area contributed by atoms with Gasteiger partial charge in [0, 0.05) is 46.4 Å². The van der Waals surface area contributed by atoms with Gasteiger partial charge in [-0.05, 0) is 57.4 Å². The van der Waals surface area contributed by atoms with Gasteiger partial charge in [0.15, 0.2) is 11.9 Å². The number of nitrogens with two attached hydrogens (primary N) is 3. The number of methoxy groups -OCH3 is 2. The quantitative estimate of drug-likeness (QED) is 0.0453. The van der Waals surface area contributed by atoms with Gasteiger partial charge in [-0.15, -0.1) is 0 Å². The van der Waals surface area contributed by atoms with Crippen LogP contribution in [0.2, 0.25) is 0 Å². The summed E-state index contributed by atoms with van der Waals surface area (Å²) in [5.41, 5.74) is 16.1. The van der Waals surface area contributed by atoms with Gasteiger partial charge in [0.1, 0.15) is 0 Å². The van der Waals surface area contributed by atoms with E-state index in [1.165, 1.54) is 7.11 Å². The van der Waals surface area contributed by atoms with Crippen LogP contribution in [-0.2, 0) is 14.3 Å². The summed E-state index contributed by atoms with van der Waals surface area (Å²) < 4.78 is 9.64. The monoisotopic (exact) mass is 590 g/mol. The van der Waals surface area contributed by atoms with Gasteiger partial charge in [0.05, 0.1) is 19.5 Å². The summed E-state index contributed by atoms with van der Waals surface area (Å²) >= 11 is 1.57. The Kier molecular flexibility index (Phi) is 24.3. The number of guanidine groups is 2. The van der Waals surface area contributed by atoms with Crippen LogP contribution in [0.15, 0.2) is 9.98 Å². The van der Waals surface area contributed by atoms with Gasteiger partial charge in [-0.3, -0.25) is 20.1 Å². The Morgan fingerprint density at radius 2 is 1.43 bits per heavy atom. The van der Waals surface area contributed by atoms with Crippen LogP contribution >= 0.6 is 11.8 Å². The molecule has 0 aromatic heterocycles. The van der Waals surface area contributed by atoms with E-state index in [-0.39, 0.29) is 23.9 Å². The SMILES string of the molecule is COCCN(CCCNC(=O)CSCCCCN=C(N)NC(=O)OC)CCCNC(=O)NCCCCN=C(N)N. The van der Waals surface area contributed by atoms with Crippen molar-refractivity contribution in [3.8, 4) is 0 Å². The summed E-state index contributed by atoms with van der Waals surface area (Å²) in [5, 5.41) is 10.9. The number of nitrogens with one attached hydrogen (secondary N) is 4. The number of nitrogens with zero attached hydrogens (tertiary/aromatic N) is 3. The van der Waals surface area contributed by atoms with Crippen molar-refractivity contribution in [1.29, 1.82) is 0 Å². The molecule has 0 aliphatic carbocycles. The maximum atomic E-state index is 12.1. The zero-order valence-corrected chi connectivity index (χ0v) is 24.9. The molecule has 15 nitrogen and oxygen atoms in total. The van der Waals surface area contributed by atoms with Gasteiger partial charge in [-0.2, -0.15) is 11.8 Å². The first kappa shape index (κ1) is 37.0. The Morgan fingerprint density at radius 3 is 2.08 bits per heavy atom. The molecule has 0 aromatic carbocycles. The number of hydrogen-bond donors (Lipinski definition) is 7. The van der Waals surface area contributed by atoms with Crippen LogP contribution < -0.4 is 38.5 Å². The second-order valence-corrected chi connectivity index (χ2v) is 9.84. The summed E-state index contributed by atoms with van der Waals surface area (Å²) in [4.78, 5) is 45.2. The van der Waals surface area contributed by atoms with Gasteiger partial charge in [0.25, 0.3) is 0 Å². The molecule has 0 heterocycles. The van der Waals surface area contributed by atoms with Crippen molar-refractivity contribution in [2.24, 2.45) is 27.2 Å². The number of unbranched alkanes of at least 4 members (excludes halogenated alkanes) is 2. The van der Waals surface area contributed by atoms with E-state index >= 15 is 0 Å². The maximum Gasteiger partial charge on any atom is 0.413 e. The topological polar surface area (TPSA) is 224 Å². The molecule has 4 amide bonds. The fraction of sp³-hybridized carbons (Fsp3) is 0.792. The Hall–Kier alpha value is -2.98. The minimum absolute atomic E-state index is 0.0180. The lowest BCUT2D eigenvalue weighted by molar-refractivity contribution is -0.118. The predicted octanol–water partition coefficient (Wildman–Crippen LogP) is -0.632. The molecule has 16 heteroatoms. The van der Waals surface area contributed by atoms with Crippen LogP contribution in [-0.4, -0.2) is 120 Å². The van der Waals surface area contributed by atoms with E-state index in [1.807, 2.05) is 0 Å². The zero-order valence-electron chi connectivity index (χ0n) is 24.0. The Bertz CT molecular complexity index is 754. The van der Waals surface area contributed by atoms with Gasteiger partial charge in [-0.25, -0.2) is 9.59 Å². The van der Waals surface area contributed by atoms with E-state index in [4.69, 9.17) is 21.9 Å². The molecule has 40 heavy (non-hydrogen) atoms. The summed E-state index contributed by atoms with van der Waals surface area (Å²) in [7, 11) is 2.92. The lowest BCUT2D eigenvalue weighted by Gasteiger charge is -2.22. The standard InChI is InChI=1S/C24H50N10O5S/c1-38-17-16-34(15-8-13-32-23(36)31-11-4-3-9-29-21(25)26)14-7-12-28-20(35)19-40-18-6-5-10-30-22(27)33-24(37)39-2/h3-19H2,1-2H3,(H,28,35)(H4,25,26,29)(H2,31,32,36)(H3,27,30,33,37). The molecule has 0 saturated heterocycles. The number of amides is 4. The van der Waals surface area contributed by atoms with Gasteiger partial charge < -0.3 is 47.5 Å². The van der Waals surface area contributed by atoms with E-state index in [1.54, 1.807) is 18.9 Å². The van der Waals surface area contributed by atoms with Crippen molar-refractivity contribution >= 4 is 41.7 Å². The highest BCUT2D eigenvalue weighted by atomic mass is 32.2. The van der Waals surface area contributed by atoms with Crippen molar-refractivity contribution in [1.82, 2.24) is 26.2 Å². The number of alkyl carbamates (subject to hydrolysis) is 1. The first-order valence-electron chi connectivity index (χ1n) is 13.6. The van der Waals surface area contributed by atoms with Gasteiger partial charge in [0.2, 0.25) is 5.91 Å². The number of ether oxygens (including phenoxy) is 2. The maximum absolute atomic E-state index is 12.1. The fourth-order valence-electron chi connectivity index (χ4n) is 3.23. The zero-order chi connectivity index (χ0) is 29.8. The van der Waals surface area contributed by atoms with Crippen LogP contribution in [0.1, 0.15) is 38.5 Å². The summed E-state index contributed by atoms with van der Waals surface area (Å²) in [6.07, 6.45) is 4.28. The predicted molar refractivity (Wildman–Crippen MR) is 160 cm³/mol. The molecule has 0 aromatic rings. The van der Waals surface area contributed by atoms with Crippen LogP contribution in [0.25, 0.3) is 0 Å². The van der Waals surface area contributed by atoms with E-state index in [9.17, 15) is 14.4 Å². The summed E-state index contributed by atoms with van der Waals surface area (Å²) in [5.74, 6) is 1.37. The largest absolute Gasteiger partial charge is 0.453 e. The molecule has 0 fully saturated rings. The average Bonchev–Trinajstić information content (AvgIpc) is 2.92. The second kappa shape index (κ2) is 26.3. The van der Waals surface area contributed by atoms with Crippen LogP contribution in [0.4, 0.5) is 9.59 Å². The third-order valence-corrected chi connectivity index (χ3v) is 6.36. The molecule has 0 rings (SSSR count). The van der Waals surface area contributed by atoms with Crippen molar-refractivity contribution in [3.05, 3.63) is 0 Å². The van der Waals surface area contributed by atoms with E-state index in [0.717, 1.165) is 63.9 Å². The second-order valence-electron chi connectivity index (χ2n) is 8.73. The molecule has 0 unspecified atom stereocenters. The van der Waals surface area contributed by atoms with Crippen LogP contribution in [0, 0.1) is 0 Å². The molecule has 0 spiro atoms.